The SMILES string of the molecule is CCCNCCS(=O)(=O)c1ccc(C(C)(C)C)cc1. The largest absolute Gasteiger partial charge is 0.316 e. The fraction of sp³-hybridized carbons (Fsp3) is 0.600. The predicted molar refractivity (Wildman–Crippen MR) is 80.4 cm³/mol. The van der Waals surface area contributed by atoms with E-state index in [1.54, 1.807) is 12.1 Å². The molecule has 0 aliphatic rings. The minimum absolute atomic E-state index is 0.0466. The van der Waals surface area contributed by atoms with E-state index in [2.05, 4.69) is 33.0 Å². The Kier molecular flexibility index (Phi) is 5.56. The number of rotatable bonds is 6. The van der Waals surface area contributed by atoms with Gasteiger partial charge in [-0.05, 0) is 36.1 Å². The molecule has 19 heavy (non-hydrogen) atoms. The van der Waals surface area contributed by atoms with Gasteiger partial charge in [-0.15, -0.1) is 0 Å². The molecule has 0 aliphatic heterocycles. The zero-order chi connectivity index (χ0) is 14.5. The van der Waals surface area contributed by atoms with Crippen molar-refractivity contribution in [3.63, 3.8) is 0 Å². The summed E-state index contributed by atoms with van der Waals surface area (Å²) in [6.07, 6.45) is 1.01. The van der Waals surface area contributed by atoms with Crippen LogP contribution in [0.15, 0.2) is 29.2 Å². The Morgan fingerprint density at radius 3 is 2.11 bits per heavy atom. The molecule has 0 unspecified atom stereocenters. The van der Waals surface area contributed by atoms with Gasteiger partial charge < -0.3 is 5.32 Å². The van der Waals surface area contributed by atoms with Crippen molar-refractivity contribution in [1.82, 2.24) is 5.32 Å². The first-order valence-electron chi connectivity index (χ1n) is 6.81. The van der Waals surface area contributed by atoms with Crippen LogP contribution in [0.5, 0.6) is 0 Å². The molecular formula is C15H25NO2S. The molecule has 0 saturated carbocycles. The van der Waals surface area contributed by atoms with Crippen LogP contribution >= 0.6 is 0 Å². The second-order valence-electron chi connectivity index (χ2n) is 5.84. The average molecular weight is 283 g/mol. The fourth-order valence-corrected chi connectivity index (χ4v) is 2.99. The van der Waals surface area contributed by atoms with E-state index in [0.717, 1.165) is 18.5 Å². The van der Waals surface area contributed by atoms with E-state index in [-0.39, 0.29) is 11.2 Å². The summed E-state index contributed by atoms with van der Waals surface area (Å²) in [7, 11) is -3.17. The normalized spacial score (nSPS) is 12.6. The lowest BCUT2D eigenvalue weighted by Crippen LogP contribution is -2.23. The summed E-state index contributed by atoms with van der Waals surface area (Å²) in [5, 5.41) is 3.12. The van der Waals surface area contributed by atoms with Gasteiger partial charge in [-0.3, -0.25) is 0 Å². The van der Waals surface area contributed by atoms with Crippen LogP contribution in [0.25, 0.3) is 0 Å². The summed E-state index contributed by atoms with van der Waals surface area (Å²) in [6.45, 7) is 9.78. The lowest BCUT2D eigenvalue weighted by molar-refractivity contribution is 0.584. The summed E-state index contributed by atoms with van der Waals surface area (Å²) < 4.78 is 24.2. The number of benzene rings is 1. The van der Waals surface area contributed by atoms with Gasteiger partial charge in [-0.2, -0.15) is 0 Å². The van der Waals surface area contributed by atoms with Gasteiger partial charge in [-0.1, -0.05) is 39.8 Å². The summed E-state index contributed by atoms with van der Waals surface area (Å²) in [6, 6.07) is 7.25. The molecule has 3 nitrogen and oxygen atoms in total. The maximum atomic E-state index is 12.1. The van der Waals surface area contributed by atoms with Crippen LogP contribution in [0.3, 0.4) is 0 Å². The van der Waals surface area contributed by atoms with E-state index < -0.39 is 9.84 Å². The Hall–Kier alpha value is -0.870. The summed E-state index contributed by atoms with van der Waals surface area (Å²) in [4.78, 5) is 0.416. The zero-order valence-corrected chi connectivity index (χ0v) is 13.2. The van der Waals surface area contributed by atoms with Crippen LogP contribution in [-0.4, -0.2) is 27.3 Å². The van der Waals surface area contributed by atoms with Crippen LogP contribution in [0.4, 0.5) is 0 Å². The van der Waals surface area contributed by atoms with E-state index in [9.17, 15) is 8.42 Å². The van der Waals surface area contributed by atoms with Crippen molar-refractivity contribution >= 4 is 9.84 Å². The lowest BCUT2D eigenvalue weighted by Gasteiger charge is -2.19. The van der Waals surface area contributed by atoms with Crippen LogP contribution in [-0.2, 0) is 15.3 Å². The number of nitrogens with one attached hydrogen (secondary N) is 1. The minimum atomic E-state index is -3.17. The zero-order valence-electron chi connectivity index (χ0n) is 12.4. The Labute approximate surface area is 117 Å². The van der Waals surface area contributed by atoms with Crippen molar-refractivity contribution in [3.05, 3.63) is 29.8 Å². The molecule has 0 bridgehead atoms. The molecule has 0 aromatic heterocycles. The average Bonchev–Trinajstić information content (AvgIpc) is 2.34. The molecule has 108 valence electrons. The van der Waals surface area contributed by atoms with Gasteiger partial charge in [0, 0.05) is 6.54 Å². The number of sulfone groups is 1. The molecule has 4 heteroatoms. The predicted octanol–water partition coefficient (Wildman–Crippen LogP) is 2.76. The second kappa shape index (κ2) is 6.53. The molecule has 1 N–H and O–H groups in total. The Balaban J connectivity index is 2.74. The van der Waals surface area contributed by atoms with E-state index in [0.29, 0.717) is 11.4 Å². The van der Waals surface area contributed by atoms with Crippen molar-refractivity contribution in [1.29, 1.82) is 0 Å². The fourth-order valence-electron chi connectivity index (χ4n) is 1.79. The highest BCUT2D eigenvalue weighted by Gasteiger charge is 2.17. The molecule has 1 aromatic rings. The summed E-state index contributed by atoms with van der Waals surface area (Å²) >= 11 is 0. The van der Waals surface area contributed by atoms with Gasteiger partial charge in [0.05, 0.1) is 10.6 Å². The van der Waals surface area contributed by atoms with Crippen molar-refractivity contribution in [3.8, 4) is 0 Å². The van der Waals surface area contributed by atoms with Crippen molar-refractivity contribution in [2.24, 2.45) is 0 Å². The molecule has 0 heterocycles. The highest BCUT2D eigenvalue weighted by Crippen LogP contribution is 2.23. The van der Waals surface area contributed by atoms with Crippen LogP contribution < -0.4 is 5.32 Å². The van der Waals surface area contributed by atoms with Crippen LogP contribution in [0, 0.1) is 0 Å². The van der Waals surface area contributed by atoms with Gasteiger partial charge in [0.15, 0.2) is 9.84 Å². The number of hydrogen-bond acceptors (Lipinski definition) is 3. The summed E-state index contributed by atoms with van der Waals surface area (Å²) in [5.74, 6) is 0.155. The molecular weight excluding hydrogens is 258 g/mol. The number of hydrogen-bond donors (Lipinski definition) is 1. The molecule has 0 aliphatic carbocycles. The van der Waals surface area contributed by atoms with Crippen molar-refractivity contribution in [2.75, 3.05) is 18.8 Å². The molecule has 0 spiro atoms. The van der Waals surface area contributed by atoms with Crippen LogP contribution in [0.2, 0.25) is 0 Å². The molecule has 1 aromatic carbocycles. The third-order valence-corrected chi connectivity index (χ3v) is 4.79. The molecule has 0 amide bonds. The molecule has 0 fully saturated rings. The smallest absolute Gasteiger partial charge is 0.179 e. The molecule has 1 rings (SSSR count). The highest BCUT2D eigenvalue weighted by molar-refractivity contribution is 7.91. The molecule has 0 radical (unpaired) electrons. The van der Waals surface area contributed by atoms with E-state index in [1.807, 2.05) is 12.1 Å². The maximum absolute atomic E-state index is 12.1. The van der Waals surface area contributed by atoms with Crippen molar-refractivity contribution < 1.29 is 8.42 Å². The van der Waals surface area contributed by atoms with Gasteiger partial charge >= 0.3 is 0 Å². The second-order valence-corrected chi connectivity index (χ2v) is 7.95. The molecule has 0 saturated heterocycles. The van der Waals surface area contributed by atoms with Crippen LogP contribution in [0.1, 0.15) is 39.7 Å². The van der Waals surface area contributed by atoms with Gasteiger partial charge in [0.25, 0.3) is 0 Å². The van der Waals surface area contributed by atoms with E-state index >= 15 is 0 Å². The first kappa shape index (κ1) is 16.2. The van der Waals surface area contributed by atoms with Gasteiger partial charge in [0.2, 0.25) is 0 Å². The lowest BCUT2D eigenvalue weighted by atomic mass is 9.87. The van der Waals surface area contributed by atoms with Gasteiger partial charge in [0.1, 0.15) is 0 Å². The quantitative estimate of drug-likeness (QED) is 0.817. The van der Waals surface area contributed by atoms with Crippen molar-refractivity contribution in [2.45, 2.75) is 44.4 Å². The highest BCUT2D eigenvalue weighted by atomic mass is 32.2. The standard InChI is InChI=1S/C15H25NO2S/c1-5-10-16-11-12-19(17,18)14-8-6-13(7-9-14)15(2,3)4/h6-9,16H,5,10-12H2,1-4H3. The summed E-state index contributed by atoms with van der Waals surface area (Å²) in [5.41, 5.74) is 1.20. The Bertz CT molecular complexity index is 484. The third-order valence-electron chi connectivity index (χ3n) is 3.05. The van der Waals surface area contributed by atoms with E-state index in [1.165, 1.54) is 0 Å². The van der Waals surface area contributed by atoms with Gasteiger partial charge in [-0.25, -0.2) is 8.42 Å². The first-order chi connectivity index (χ1) is 8.77. The third kappa shape index (κ3) is 4.96. The first-order valence-corrected chi connectivity index (χ1v) is 8.46. The topological polar surface area (TPSA) is 46.2 Å². The minimum Gasteiger partial charge on any atom is -0.316 e. The van der Waals surface area contributed by atoms with E-state index in [4.69, 9.17) is 0 Å². The molecule has 0 atom stereocenters. The monoisotopic (exact) mass is 283 g/mol. The Morgan fingerprint density at radius 2 is 1.63 bits per heavy atom. The maximum Gasteiger partial charge on any atom is 0.179 e. The Morgan fingerprint density at radius 1 is 1.05 bits per heavy atom.